The first-order chi connectivity index (χ1) is 18.1. The molecule has 38 heavy (non-hydrogen) atoms. The van der Waals surface area contributed by atoms with E-state index in [-0.39, 0.29) is 23.9 Å². The third-order valence-corrected chi connectivity index (χ3v) is 6.13. The van der Waals surface area contributed by atoms with Crippen molar-refractivity contribution in [2.75, 3.05) is 11.1 Å². The third-order valence-electron chi connectivity index (χ3n) is 6.13. The number of rotatable bonds is 7. The lowest BCUT2D eigenvalue weighted by Crippen LogP contribution is -2.42. The molecule has 1 saturated carbocycles. The monoisotopic (exact) mass is 519 g/mol. The summed E-state index contributed by atoms with van der Waals surface area (Å²) < 4.78 is 25.8. The minimum Gasteiger partial charge on any atom is -0.454 e. The number of halogens is 1. The number of nitrogen functional groups attached to an aromatic ring is 1. The van der Waals surface area contributed by atoms with Gasteiger partial charge in [-0.25, -0.2) is 19.2 Å². The van der Waals surface area contributed by atoms with Crippen molar-refractivity contribution < 1.29 is 18.7 Å². The molecule has 3 aromatic rings. The van der Waals surface area contributed by atoms with Crippen molar-refractivity contribution in [3.63, 3.8) is 0 Å². The Morgan fingerprint density at radius 2 is 1.82 bits per heavy atom. The molecular weight excluding hydrogens is 485 g/mol. The number of benzene rings is 2. The molecule has 4 rings (SSSR count). The van der Waals surface area contributed by atoms with Crippen molar-refractivity contribution in [2.24, 2.45) is 0 Å². The second kappa shape index (κ2) is 11.5. The molecule has 1 aliphatic carbocycles. The molecule has 1 aromatic heterocycles. The minimum absolute atomic E-state index is 0.0609. The molecule has 2 aromatic carbocycles. The largest absolute Gasteiger partial charge is 0.454 e. The first kappa shape index (κ1) is 26.9. The summed E-state index contributed by atoms with van der Waals surface area (Å²) in [7, 11) is 0. The Kier molecular flexibility index (Phi) is 8.14. The zero-order valence-electron chi connectivity index (χ0n) is 22.0. The first-order valence-electron chi connectivity index (χ1n) is 12.7. The van der Waals surface area contributed by atoms with E-state index in [4.69, 9.17) is 20.2 Å². The summed E-state index contributed by atoms with van der Waals surface area (Å²) in [6, 6.07) is 11.9. The average molecular weight is 520 g/mol. The highest BCUT2D eigenvalue weighted by Gasteiger charge is 2.25. The van der Waals surface area contributed by atoms with Crippen LogP contribution in [0.15, 0.2) is 55.2 Å². The SMILES string of the molecule is C=Cc1ccc(-c2ccnc(NC3CCC(NC(=O)OC(C)(C)C)CC3)n2)c(Oc2ccc(N)cc2F)c1. The van der Waals surface area contributed by atoms with Crippen molar-refractivity contribution in [2.45, 2.75) is 64.1 Å². The highest BCUT2D eigenvalue weighted by Crippen LogP contribution is 2.35. The molecule has 1 fully saturated rings. The molecule has 9 heteroatoms. The van der Waals surface area contributed by atoms with Crippen molar-refractivity contribution in [3.05, 3.63) is 66.6 Å². The van der Waals surface area contributed by atoms with Gasteiger partial charge in [0.25, 0.3) is 0 Å². The molecule has 0 unspecified atom stereocenters. The van der Waals surface area contributed by atoms with Gasteiger partial charge in [-0.3, -0.25) is 0 Å². The molecule has 1 heterocycles. The Morgan fingerprint density at radius 1 is 1.08 bits per heavy atom. The Balaban J connectivity index is 1.45. The molecule has 1 aliphatic rings. The fourth-order valence-electron chi connectivity index (χ4n) is 4.30. The first-order valence-corrected chi connectivity index (χ1v) is 12.7. The van der Waals surface area contributed by atoms with E-state index in [0.717, 1.165) is 31.2 Å². The van der Waals surface area contributed by atoms with E-state index < -0.39 is 11.4 Å². The molecule has 0 bridgehead atoms. The number of hydrogen-bond donors (Lipinski definition) is 3. The molecule has 0 aliphatic heterocycles. The standard InChI is InChI=1S/C29H34FN5O3/c1-5-18-6-12-22(26(16-18)37-25-13-7-19(31)17-23(25)30)24-14-15-32-27(35-24)33-20-8-10-21(11-9-20)34-28(36)38-29(2,3)4/h5-7,12-17,20-21H,1,8-11,31H2,2-4H3,(H,34,36)(H,32,33,35). The van der Waals surface area contributed by atoms with Gasteiger partial charge >= 0.3 is 6.09 Å². The number of carbonyl (C=O) groups excluding carboxylic acids is 1. The molecule has 8 nitrogen and oxygen atoms in total. The number of amides is 1. The number of aromatic nitrogens is 2. The van der Waals surface area contributed by atoms with Crippen LogP contribution in [0.25, 0.3) is 17.3 Å². The fourth-order valence-corrected chi connectivity index (χ4v) is 4.30. The zero-order chi connectivity index (χ0) is 27.3. The lowest BCUT2D eigenvalue weighted by Gasteiger charge is -2.30. The highest BCUT2D eigenvalue weighted by molar-refractivity contribution is 5.71. The Labute approximate surface area is 222 Å². The molecule has 1 amide bonds. The maximum atomic E-state index is 14.5. The lowest BCUT2D eigenvalue weighted by atomic mass is 9.91. The topological polar surface area (TPSA) is 111 Å². The summed E-state index contributed by atoms with van der Waals surface area (Å²) in [4.78, 5) is 21.2. The van der Waals surface area contributed by atoms with Crippen LogP contribution in [0.4, 0.5) is 20.8 Å². The third kappa shape index (κ3) is 7.21. The van der Waals surface area contributed by atoms with Gasteiger partial charge < -0.3 is 25.8 Å². The zero-order valence-corrected chi connectivity index (χ0v) is 22.0. The Hall–Kier alpha value is -4.14. The van der Waals surface area contributed by atoms with Gasteiger partial charge in [-0.15, -0.1) is 0 Å². The van der Waals surface area contributed by atoms with E-state index in [1.54, 1.807) is 30.5 Å². The fraction of sp³-hybridized carbons (Fsp3) is 0.345. The van der Waals surface area contributed by atoms with E-state index in [0.29, 0.717) is 28.6 Å². The van der Waals surface area contributed by atoms with E-state index in [1.807, 2.05) is 32.9 Å². The van der Waals surface area contributed by atoms with Gasteiger partial charge in [-0.1, -0.05) is 18.7 Å². The van der Waals surface area contributed by atoms with Crippen LogP contribution in [0.1, 0.15) is 52.0 Å². The number of alkyl carbamates (subject to hydrolysis) is 1. The van der Waals surface area contributed by atoms with Crippen molar-refractivity contribution in [1.29, 1.82) is 0 Å². The molecule has 200 valence electrons. The molecular formula is C29H34FN5O3. The quantitative estimate of drug-likeness (QED) is 0.304. The van der Waals surface area contributed by atoms with Gasteiger partial charge in [-0.05, 0) is 82.3 Å². The number of nitrogens with two attached hydrogens (primary N) is 1. The Morgan fingerprint density at radius 3 is 2.50 bits per heavy atom. The van der Waals surface area contributed by atoms with Crippen LogP contribution in [0.3, 0.4) is 0 Å². The van der Waals surface area contributed by atoms with Crippen molar-refractivity contribution in [3.8, 4) is 22.8 Å². The van der Waals surface area contributed by atoms with Crippen LogP contribution in [-0.4, -0.2) is 33.7 Å². The van der Waals surface area contributed by atoms with Gasteiger partial charge in [0.2, 0.25) is 5.95 Å². The molecule has 0 atom stereocenters. The molecule has 0 saturated heterocycles. The summed E-state index contributed by atoms with van der Waals surface area (Å²) >= 11 is 0. The molecule has 0 radical (unpaired) electrons. The summed E-state index contributed by atoms with van der Waals surface area (Å²) in [5.41, 5.74) is 7.60. The Bertz CT molecular complexity index is 1300. The predicted octanol–water partition coefficient (Wildman–Crippen LogP) is 6.55. The number of nitrogens with zero attached hydrogens (tertiary/aromatic N) is 2. The van der Waals surface area contributed by atoms with Gasteiger partial charge in [0.05, 0.1) is 5.69 Å². The number of hydrogen-bond acceptors (Lipinski definition) is 7. The molecule has 4 N–H and O–H groups in total. The van der Waals surface area contributed by atoms with E-state index >= 15 is 0 Å². The van der Waals surface area contributed by atoms with Crippen molar-refractivity contribution >= 4 is 23.8 Å². The number of nitrogens with one attached hydrogen (secondary N) is 2. The van der Waals surface area contributed by atoms with Crippen LogP contribution >= 0.6 is 0 Å². The van der Waals surface area contributed by atoms with Crippen molar-refractivity contribution in [1.82, 2.24) is 15.3 Å². The average Bonchev–Trinajstić information content (AvgIpc) is 2.86. The van der Waals surface area contributed by atoms with Crippen LogP contribution in [-0.2, 0) is 4.74 Å². The van der Waals surface area contributed by atoms with Gasteiger partial charge in [0.1, 0.15) is 11.4 Å². The molecule has 0 spiro atoms. The maximum absolute atomic E-state index is 14.5. The second-order valence-electron chi connectivity index (χ2n) is 10.4. The van der Waals surface area contributed by atoms with Gasteiger partial charge in [-0.2, -0.15) is 0 Å². The normalized spacial score (nSPS) is 17.4. The summed E-state index contributed by atoms with van der Waals surface area (Å²) in [5, 5.41) is 6.37. The lowest BCUT2D eigenvalue weighted by molar-refractivity contribution is 0.0492. The second-order valence-corrected chi connectivity index (χ2v) is 10.4. The number of carbonyl (C=O) groups is 1. The minimum atomic E-state index is -0.554. The summed E-state index contributed by atoms with van der Waals surface area (Å²) in [5.74, 6) is 0.431. The van der Waals surface area contributed by atoms with Crippen LogP contribution in [0, 0.1) is 5.82 Å². The van der Waals surface area contributed by atoms with Crippen LogP contribution in [0.5, 0.6) is 11.5 Å². The van der Waals surface area contributed by atoms with E-state index in [9.17, 15) is 9.18 Å². The predicted molar refractivity (Wildman–Crippen MR) is 147 cm³/mol. The van der Waals surface area contributed by atoms with Gasteiger partial charge in [0.15, 0.2) is 11.6 Å². The van der Waals surface area contributed by atoms with E-state index in [1.165, 1.54) is 12.1 Å². The smallest absolute Gasteiger partial charge is 0.407 e. The van der Waals surface area contributed by atoms with Crippen LogP contribution < -0.4 is 21.1 Å². The number of anilines is 2. The van der Waals surface area contributed by atoms with E-state index in [2.05, 4.69) is 22.2 Å². The van der Waals surface area contributed by atoms with Gasteiger partial charge in [0, 0.05) is 35.6 Å². The summed E-state index contributed by atoms with van der Waals surface area (Å²) in [6.45, 7) is 9.36. The summed E-state index contributed by atoms with van der Waals surface area (Å²) in [6.07, 6.45) is 6.34. The highest BCUT2D eigenvalue weighted by atomic mass is 19.1. The number of ether oxygens (including phenoxy) is 2. The maximum Gasteiger partial charge on any atom is 0.407 e. The van der Waals surface area contributed by atoms with Crippen LogP contribution in [0.2, 0.25) is 0 Å².